The van der Waals surface area contributed by atoms with Gasteiger partial charge in [-0.3, -0.25) is 9.69 Å². The fourth-order valence-corrected chi connectivity index (χ4v) is 4.34. The number of halogens is 1. The first kappa shape index (κ1) is 19.6. The van der Waals surface area contributed by atoms with Crippen molar-refractivity contribution in [2.45, 2.75) is 38.5 Å². The quantitative estimate of drug-likeness (QED) is 0.728. The summed E-state index contributed by atoms with van der Waals surface area (Å²) in [6.45, 7) is 2.74. The number of nitrogens with zero attached hydrogens (tertiary/aromatic N) is 1. The predicted octanol–water partition coefficient (Wildman–Crippen LogP) is 4.13. The maximum Gasteiger partial charge on any atom is 0.410 e. The summed E-state index contributed by atoms with van der Waals surface area (Å²) < 4.78 is 24.9. The van der Waals surface area contributed by atoms with Gasteiger partial charge in [-0.25, -0.2) is 9.18 Å². The van der Waals surface area contributed by atoms with Crippen LogP contribution in [0.3, 0.4) is 0 Å². The number of hydrogen-bond acceptors (Lipinski definition) is 4. The van der Waals surface area contributed by atoms with E-state index in [0.29, 0.717) is 31.6 Å². The van der Waals surface area contributed by atoms with Gasteiger partial charge in [0.15, 0.2) is 5.78 Å². The number of benzene rings is 2. The number of Topliss-reactive ketones (excluding diaryl/α,β-unsaturated/α-hetero) is 1. The van der Waals surface area contributed by atoms with Crippen LogP contribution in [-0.4, -0.2) is 42.1 Å². The van der Waals surface area contributed by atoms with E-state index in [1.807, 2.05) is 30.3 Å². The second kappa shape index (κ2) is 8.33. The number of morpholine rings is 1. The number of carbonyl (C=O) groups excluding carboxylic acids is 2. The third-order valence-electron chi connectivity index (χ3n) is 5.63. The van der Waals surface area contributed by atoms with E-state index in [1.165, 1.54) is 12.1 Å². The number of fused-ring (bicyclic) bond motifs is 2. The first-order valence-corrected chi connectivity index (χ1v) is 9.89. The Balaban J connectivity index is 1.44. The van der Waals surface area contributed by atoms with Gasteiger partial charge in [-0.05, 0) is 49.1 Å². The summed E-state index contributed by atoms with van der Waals surface area (Å²) >= 11 is 0. The molecule has 152 valence electrons. The Bertz CT molecular complexity index is 867. The fourth-order valence-electron chi connectivity index (χ4n) is 4.34. The van der Waals surface area contributed by atoms with Crippen molar-refractivity contribution in [3.05, 3.63) is 71.0 Å². The van der Waals surface area contributed by atoms with Gasteiger partial charge in [0.2, 0.25) is 0 Å². The van der Waals surface area contributed by atoms with Crippen molar-refractivity contribution in [2.24, 2.45) is 5.92 Å². The summed E-state index contributed by atoms with van der Waals surface area (Å²) in [5.41, 5.74) is 2.04. The van der Waals surface area contributed by atoms with Gasteiger partial charge in [0.1, 0.15) is 12.4 Å². The zero-order valence-corrected chi connectivity index (χ0v) is 16.3. The van der Waals surface area contributed by atoms with Crippen molar-refractivity contribution in [3.63, 3.8) is 0 Å². The Kier molecular flexibility index (Phi) is 5.62. The molecule has 0 aliphatic carbocycles. The van der Waals surface area contributed by atoms with Crippen molar-refractivity contribution in [1.29, 1.82) is 0 Å². The molecule has 2 atom stereocenters. The van der Waals surface area contributed by atoms with Crippen molar-refractivity contribution in [1.82, 2.24) is 4.90 Å². The van der Waals surface area contributed by atoms with Crippen LogP contribution in [-0.2, 0) is 16.1 Å². The van der Waals surface area contributed by atoms with Crippen LogP contribution in [0.1, 0.15) is 34.3 Å². The van der Waals surface area contributed by atoms with Crippen LogP contribution >= 0.6 is 0 Å². The molecule has 2 heterocycles. The summed E-state index contributed by atoms with van der Waals surface area (Å²) in [6, 6.07) is 13.5. The smallest absolute Gasteiger partial charge is 0.410 e. The minimum Gasteiger partial charge on any atom is -0.445 e. The summed E-state index contributed by atoms with van der Waals surface area (Å²) in [5.74, 6) is -0.728. The SMILES string of the molecule is Cc1cc(F)cc(C(=O)C2CC3COCC(C2)N3C(=O)OCc2ccccc2)c1. The van der Waals surface area contributed by atoms with Crippen molar-refractivity contribution in [3.8, 4) is 0 Å². The summed E-state index contributed by atoms with van der Waals surface area (Å²) in [4.78, 5) is 27.4. The van der Waals surface area contributed by atoms with E-state index in [9.17, 15) is 14.0 Å². The molecule has 2 aromatic carbocycles. The monoisotopic (exact) mass is 397 g/mol. The predicted molar refractivity (Wildman–Crippen MR) is 105 cm³/mol. The Morgan fingerprint density at radius 2 is 1.79 bits per heavy atom. The number of piperidine rings is 1. The third kappa shape index (κ3) is 4.32. The Labute approximate surface area is 169 Å². The van der Waals surface area contributed by atoms with Gasteiger partial charge in [-0.15, -0.1) is 0 Å². The number of carbonyl (C=O) groups is 2. The Hall–Kier alpha value is -2.73. The summed E-state index contributed by atoms with van der Waals surface area (Å²) in [5, 5.41) is 0. The molecule has 2 bridgehead atoms. The minimum absolute atomic E-state index is 0.0678. The zero-order chi connectivity index (χ0) is 20.4. The lowest BCUT2D eigenvalue weighted by Crippen LogP contribution is -2.59. The van der Waals surface area contributed by atoms with E-state index in [1.54, 1.807) is 17.9 Å². The van der Waals surface area contributed by atoms with Crippen molar-refractivity contribution >= 4 is 11.9 Å². The summed E-state index contributed by atoms with van der Waals surface area (Å²) in [6.07, 6.45) is 0.607. The van der Waals surface area contributed by atoms with Gasteiger partial charge in [-0.1, -0.05) is 30.3 Å². The second-order valence-electron chi connectivity index (χ2n) is 7.84. The largest absolute Gasteiger partial charge is 0.445 e. The van der Waals surface area contributed by atoms with Crippen LogP contribution in [0.4, 0.5) is 9.18 Å². The molecule has 5 nitrogen and oxygen atoms in total. The highest BCUT2D eigenvalue weighted by Crippen LogP contribution is 2.34. The average molecular weight is 397 g/mol. The molecule has 4 rings (SSSR count). The Morgan fingerprint density at radius 3 is 2.45 bits per heavy atom. The first-order chi connectivity index (χ1) is 14.0. The lowest BCUT2D eigenvalue weighted by molar-refractivity contribution is -0.0755. The van der Waals surface area contributed by atoms with Crippen LogP contribution in [0.15, 0.2) is 48.5 Å². The number of ketones is 1. The second-order valence-corrected chi connectivity index (χ2v) is 7.84. The van der Waals surface area contributed by atoms with Crippen molar-refractivity contribution in [2.75, 3.05) is 13.2 Å². The molecule has 2 aliphatic heterocycles. The molecule has 0 radical (unpaired) electrons. The number of ether oxygens (including phenoxy) is 2. The normalized spacial score (nSPS) is 23.5. The molecule has 2 fully saturated rings. The molecule has 2 unspecified atom stereocenters. The maximum atomic E-state index is 13.7. The maximum absolute atomic E-state index is 13.7. The molecule has 2 saturated heterocycles. The molecule has 0 spiro atoms. The Morgan fingerprint density at radius 1 is 1.10 bits per heavy atom. The van der Waals surface area contributed by atoms with Crippen LogP contribution in [0, 0.1) is 18.7 Å². The molecular weight excluding hydrogens is 373 g/mol. The zero-order valence-electron chi connectivity index (χ0n) is 16.3. The minimum atomic E-state index is -0.404. The van der Waals surface area contributed by atoms with E-state index >= 15 is 0 Å². The summed E-state index contributed by atoms with van der Waals surface area (Å²) in [7, 11) is 0. The number of rotatable bonds is 4. The van der Waals surface area contributed by atoms with Crippen LogP contribution < -0.4 is 0 Å². The van der Waals surface area contributed by atoms with E-state index in [2.05, 4.69) is 0 Å². The van der Waals surface area contributed by atoms with Gasteiger partial charge < -0.3 is 9.47 Å². The van der Waals surface area contributed by atoms with Crippen molar-refractivity contribution < 1.29 is 23.5 Å². The molecule has 6 heteroatoms. The van der Waals surface area contributed by atoms with E-state index in [0.717, 1.165) is 11.1 Å². The van der Waals surface area contributed by atoms with Crippen LogP contribution in [0.5, 0.6) is 0 Å². The fraction of sp³-hybridized carbons (Fsp3) is 0.391. The molecule has 1 amide bonds. The number of amides is 1. The lowest BCUT2D eigenvalue weighted by Gasteiger charge is -2.47. The molecule has 29 heavy (non-hydrogen) atoms. The van der Waals surface area contributed by atoms with Gasteiger partial charge in [0.25, 0.3) is 0 Å². The van der Waals surface area contributed by atoms with E-state index in [4.69, 9.17) is 9.47 Å². The standard InChI is InChI=1S/C23H24FNO4/c1-15-7-17(9-19(24)8-15)22(26)18-10-20-13-28-14-21(11-18)25(20)23(27)29-12-16-5-3-2-4-6-16/h2-9,18,20-21H,10-14H2,1H3. The first-order valence-electron chi connectivity index (χ1n) is 9.89. The molecular formula is C23H24FNO4. The van der Waals surface area contributed by atoms with E-state index < -0.39 is 5.82 Å². The average Bonchev–Trinajstić information content (AvgIpc) is 2.70. The topological polar surface area (TPSA) is 55.8 Å². The van der Waals surface area contributed by atoms with E-state index in [-0.39, 0.29) is 36.5 Å². The van der Waals surface area contributed by atoms with Gasteiger partial charge >= 0.3 is 6.09 Å². The lowest BCUT2D eigenvalue weighted by atomic mass is 9.80. The highest BCUT2D eigenvalue weighted by molar-refractivity contribution is 5.98. The van der Waals surface area contributed by atoms with Gasteiger partial charge in [0, 0.05) is 11.5 Å². The van der Waals surface area contributed by atoms with Crippen LogP contribution in [0.2, 0.25) is 0 Å². The van der Waals surface area contributed by atoms with Gasteiger partial charge in [-0.2, -0.15) is 0 Å². The molecule has 0 aromatic heterocycles. The molecule has 0 N–H and O–H groups in total. The van der Waals surface area contributed by atoms with Gasteiger partial charge in [0.05, 0.1) is 25.3 Å². The third-order valence-corrected chi connectivity index (χ3v) is 5.63. The molecule has 0 saturated carbocycles. The molecule has 2 aromatic rings. The number of aryl methyl sites for hydroxylation is 1. The highest BCUT2D eigenvalue weighted by Gasteiger charge is 2.44. The van der Waals surface area contributed by atoms with Crippen LogP contribution in [0.25, 0.3) is 0 Å². The molecule has 2 aliphatic rings. The number of hydrogen-bond donors (Lipinski definition) is 0. The highest BCUT2D eigenvalue weighted by atomic mass is 19.1.